The maximum Gasteiger partial charge on any atom is 0.235 e. The van der Waals surface area contributed by atoms with Crippen LogP contribution >= 0.6 is 0 Å². The number of benzene rings is 2. The minimum Gasteiger partial charge on any atom is -0.494 e. The number of ether oxygens (including phenoxy) is 1. The van der Waals surface area contributed by atoms with Gasteiger partial charge in [0.15, 0.2) is 0 Å². The fourth-order valence-corrected chi connectivity index (χ4v) is 4.21. The fraction of sp³-hybridized carbons (Fsp3) is 0.375. The Morgan fingerprint density at radius 2 is 1.77 bits per heavy atom. The summed E-state index contributed by atoms with van der Waals surface area (Å²) in [5.74, 6) is 0.781. The van der Waals surface area contributed by atoms with Crippen LogP contribution in [0.3, 0.4) is 0 Å². The van der Waals surface area contributed by atoms with Gasteiger partial charge in [-0.05, 0) is 63.9 Å². The topological polar surface area (TPSA) is 84.1 Å². The lowest BCUT2D eigenvalue weighted by Crippen LogP contribution is -2.22. The number of anilines is 1. The van der Waals surface area contributed by atoms with Crippen LogP contribution in [0.2, 0.25) is 0 Å². The fourth-order valence-electron chi connectivity index (χ4n) is 3.51. The Bertz CT molecular complexity index is 1220. The van der Waals surface area contributed by atoms with Gasteiger partial charge in [0.1, 0.15) is 11.8 Å². The Hall–Kier alpha value is -2.98. The average molecular weight is 440 g/mol. The zero-order valence-corrected chi connectivity index (χ0v) is 19.5. The van der Waals surface area contributed by atoms with Gasteiger partial charge in [-0.3, -0.25) is 4.72 Å². The summed E-state index contributed by atoms with van der Waals surface area (Å²) >= 11 is 0. The van der Waals surface area contributed by atoms with Crippen molar-refractivity contribution in [3.63, 3.8) is 0 Å². The van der Waals surface area contributed by atoms with Crippen molar-refractivity contribution in [3.8, 4) is 23.1 Å². The van der Waals surface area contributed by atoms with Gasteiger partial charge in [-0.2, -0.15) is 5.26 Å². The molecule has 0 unspecified atom stereocenters. The summed E-state index contributed by atoms with van der Waals surface area (Å²) in [6, 6.07) is 15.5. The maximum absolute atomic E-state index is 12.2. The molecule has 0 fully saturated rings. The highest BCUT2D eigenvalue weighted by atomic mass is 32.2. The Morgan fingerprint density at radius 1 is 1.10 bits per heavy atom. The molecule has 3 aromatic rings. The highest BCUT2D eigenvalue weighted by Gasteiger charge is 2.21. The highest BCUT2D eigenvalue weighted by molar-refractivity contribution is 7.93. The molecule has 7 heteroatoms. The molecule has 0 spiro atoms. The lowest BCUT2D eigenvalue weighted by Gasteiger charge is -2.16. The number of sulfonamides is 1. The predicted molar refractivity (Wildman–Crippen MR) is 126 cm³/mol. The summed E-state index contributed by atoms with van der Waals surface area (Å²) < 4.78 is 34.9. The molecule has 0 bridgehead atoms. The molecule has 0 atom stereocenters. The van der Waals surface area contributed by atoms with Crippen LogP contribution in [0.5, 0.6) is 5.75 Å². The van der Waals surface area contributed by atoms with E-state index in [0.717, 1.165) is 34.3 Å². The van der Waals surface area contributed by atoms with Crippen molar-refractivity contribution in [3.05, 3.63) is 48.0 Å². The van der Waals surface area contributed by atoms with Gasteiger partial charge in [0, 0.05) is 23.2 Å². The van der Waals surface area contributed by atoms with E-state index in [4.69, 9.17) is 4.74 Å². The average Bonchev–Trinajstić information content (AvgIpc) is 3.06. The summed E-state index contributed by atoms with van der Waals surface area (Å²) in [6.45, 7) is 10.1. The van der Waals surface area contributed by atoms with Crippen molar-refractivity contribution < 1.29 is 13.2 Å². The van der Waals surface area contributed by atoms with Gasteiger partial charge in [0.25, 0.3) is 0 Å². The van der Waals surface area contributed by atoms with E-state index in [-0.39, 0.29) is 6.04 Å². The maximum atomic E-state index is 12.2. The lowest BCUT2D eigenvalue weighted by molar-refractivity contribution is 0.317. The Kier molecular flexibility index (Phi) is 6.61. The summed E-state index contributed by atoms with van der Waals surface area (Å²) in [6.07, 6.45) is 0.921. The Balaban J connectivity index is 2.13. The van der Waals surface area contributed by atoms with E-state index in [0.29, 0.717) is 17.9 Å². The van der Waals surface area contributed by atoms with E-state index in [1.54, 1.807) is 26.0 Å². The van der Waals surface area contributed by atoms with Crippen LogP contribution in [0, 0.1) is 11.3 Å². The smallest absolute Gasteiger partial charge is 0.235 e. The van der Waals surface area contributed by atoms with Crippen molar-refractivity contribution in [1.82, 2.24) is 4.57 Å². The van der Waals surface area contributed by atoms with Gasteiger partial charge in [-0.1, -0.05) is 19.1 Å². The molecule has 0 aliphatic rings. The molecule has 1 N–H and O–H groups in total. The SMILES string of the molecule is CCCOc1ccc2c(C#N)c(-c3ccc(NS(=O)(=O)C(C)C)cc3)n(C(C)C)c2c1. The molecular weight excluding hydrogens is 410 g/mol. The first-order chi connectivity index (χ1) is 14.7. The number of fused-ring (bicyclic) bond motifs is 1. The van der Waals surface area contributed by atoms with Crippen LogP contribution in [-0.4, -0.2) is 24.8 Å². The molecule has 1 heterocycles. The molecule has 6 nitrogen and oxygen atoms in total. The molecule has 0 saturated carbocycles. The third-order valence-corrected chi connectivity index (χ3v) is 6.88. The van der Waals surface area contributed by atoms with Crippen LogP contribution in [0.25, 0.3) is 22.2 Å². The number of rotatable bonds is 8. The molecule has 1 aromatic heterocycles. The van der Waals surface area contributed by atoms with Crippen molar-refractivity contribution in [1.29, 1.82) is 5.26 Å². The third-order valence-electron chi connectivity index (χ3n) is 5.12. The minimum absolute atomic E-state index is 0.111. The second-order valence-corrected chi connectivity index (χ2v) is 10.3. The largest absolute Gasteiger partial charge is 0.494 e. The molecule has 3 rings (SSSR count). The van der Waals surface area contributed by atoms with Gasteiger partial charge < -0.3 is 9.30 Å². The van der Waals surface area contributed by atoms with E-state index in [2.05, 4.69) is 36.1 Å². The van der Waals surface area contributed by atoms with E-state index in [9.17, 15) is 13.7 Å². The number of aromatic nitrogens is 1. The Morgan fingerprint density at radius 3 is 2.32 bits per heavy atom. The summed E-state index contributed by atoms with van der Waals surface area (Å²) in [5, 5.41) is 10.3. The molecule has 0 aliphatic heterocycles. The molecule has 0 amide bonds. The van der Waals surface area contributed by atoms with Gasteiger partial charge in [-0.25, -0.2) is 8.42 Å². The Labute approximate surface area is 184 Å². The third kappa shape index (κ3) is 4.54. The second kappa shape index (κ2) is 9.03. The van der Waals surface area contributed by atoms with Gasteiger partial charge >= 0.3 is 0 Å². The molecule has 0 aliphatic carbocycles. The van der Waals surface area contributed by atoms with E-state index in [1.807, 2.05) is 30.3 Å². The number of nitriles is 1. The van der Waals surface area contributed by atoms with E-state index in [1.165, 1.54) is 0 Å². The standard InChI is InChI=1S/C24H29N3O3S/c1-6-13-30-20-11-12-21-22(15-25)24(27(16(2)3)23(21)14-20)18-7-9-19(10-8-18)26-31(28,29)17(4)5/h7-12,14,16-17,26H,6,13H2,1-5H3. The molecule has 2 aromatic carbocycles. The molecule has 0 radical (unpaired) electrons. The van der Waals surface area contributed by atoms with Gasteiger partial charge in [0.05, 0.1) is 28.6 Å². The lowest BCUT2D eigenvalue weighted by atomic mass is 10.1. The summed E-state index contributed by atoms with van der Waals surface area (Å²) in [4.78, 5) is 0. The number of nitrogens with one attached hydrogen (secondary N) is 1. The number of hydrogen-bond donors (Lipinski definition) is 1. The van der Waals surface area contributed by atoms with Crippen LogP contribution < -0.4 is 9.46 Å². The quantitative estimate of drug-likeness (QED) is 0.488. The van der Waals surface area contributed by atoms with Crippen molar-refractivity contribution in [2.24, 2.45) is 0 Å². The predicted octanol–water partition coefficient (Wildman–Crippen LogP) is 5.70. The van der Waals surface area contributed by atoms with Crippen molar-refractivity contribution in [2.75, 3.05) is 11.3 Å². The van der Waals surface area contributed by atoms with E-state index >= 15 is 0 Å². The summed E-state index contributed by atoms with van der Waals surface area (Å²) in [5.41, 5.74) is 3.71. The number of hydrogen-bond acceptors (Lipinski definition) is 4. The van der Waals surface area contributed by atoms with Crippen LogP contribution in [0.15, 0.2) is 42.5 Å². The van der Waals surface area contributed by atoms with Crippen LogP contribution in [-0.2, 0) is 10.0 Å². The summed E-state index contributed by atoms with van der Waals surface area (Å²) in [7, 11) is -3.42. The van der Waals surface area contributed by atoms with E-state index < -0.39 is 15.3 Å². The molecule has 164 valence electrons. The first-order valence-electron chi connectivity index (χ1n) is 10.5. The van der Waals surface area contributed by atoms with Crippen molar-refractivity contribution >= 4 is 26.6 Å². The second-order valence-electron chi connectivity index (χ2n) is 8.10. The van der Waals surface area contributed by atoms with Gasteiger partial charge in [0.2, 0.25) is 10.0 Å². The monoisotopic (exact) mass is 439 g/mol. The molecule has 31 heavy (non-hydrogen) atoms. The van der Waals surface area contributed by atoms with Crippen LogP contribution in [0.4, 0.5) is 5.69 Å². The first-order valence-corrected chi connectivity index (χ1v) is 12.1. The first kappa shape index (κ1) is 22.7. The zero-order chi connectivity index (χ0) is 22.8. The molecule has 0 saturated heterocycles. The highest BCUT2D eigenvalue weighted by Crippen LogP contribution is 2.38. The zero-order valence-electron chi connectivity index (χ0n) is 18.6. The number of nitrogens with zero attached hydrogens (tertiary/aromatic N) is 2. The normalized spacial score (nSPS) is 11.8. The van der Waals surface area contributed by atoms with Gasteiger partial charge in [-0.15, -0.1) is 0 Å². The van der Waals surface area contributed by atoms with Crippen molar-refractivity contribution in [2.45, 2.75) is 52.3 Å². The minimum atomic E-state index is -3.42. The van der Waals surface area contributed by atoms with Crippen LogP contribution in [0.1, 0.15) is 52.6 Å². The molecular formula is C24H29N3O3S.